The van der Waals surface area contributed by atoms with Gasteiger partial charge >= 0.3 is 0 Å². The van der Waals surface area contributed by atoms with E-state index in [1.54, 1.807) is 6.20 Å². The number of H-pyrrole nitrogens is 1. The van der Waals surface area contributed by atoms with Crippen LogP contribution in [-0.4, -0.2) is 45.5 Å². The molecule has 2 amide bonds. The largest absolute Gasteiger partial charge is 0.348 e. The van der Waals surface area contributed by atoms with Crippen molar-refractivity contribution in [1.29, 1.82) is 0 Å². The van der Waals surface area contributed by atoms with Crippen LogP contribution in [0.15, 0.2) is 17.5 Å². The quantitative estimate of drug-likeness (QED) is 0.874. The zero-order chi connectivity index (χ0) is 15.4. The van der Waals surface area contributed by atoms with Gasteiger partial charge < -0.3 is 9.88 Å². The highest BCUT2D eigenvalue weighted by Crippen LogP contribution is 2.24. The lowest BCUT2D eigenvalue weighted by atomic mass is 9.96. The van der Waals surface area contributed by atoms with E-state index in [2.05, 4.69) is 20.5 Å². The number of likely N-dealkylation sites (tertiary alicyclic amines) is 1. The molecule has 2 aliphatic heterocycles. The van der Waals surface area contributed by atoms with Gasteiger partial charge in [0, 0.05) is 50.0 Å². The standard InChI is InChI=1S/C15H21N5O2/c21-13-5-3-12(18-19-13)4-6-14(22)20-9-1-2-11(10-20)15-16-7-8-17-15/h7-8,11H,1-6,9-10H2,(H,16,17)(H,19,21)/t11-/m0/s1. The molecule has 0 spiro atoms. The number of carbonyl (C=O) groups is 2. The minimum absolute atomic E-state index is 0.0487. The van der Waals surface area contributed by atoms with Crippen molar-refractivity contribution in [3.8, 4) is 0 Å². The number of hydrazone groups is 1. The summed E-state index contributed by atoms with van der Waals surface area (Å²) in [4.78, 5) is 32.8. The Kier molecular flexibility index (Phi) is 4.50. The summed E-state index contributed by atoms with van der Waals surface area (Å²) < 4.78 is 0. The van der Waals surface area contributed by atoms with Crippen LogP contribution in [0, 0.1) is 0 Å². The molecule has 22 heavy (non-hydrogen) atoms. The Bertz CT molecular complexity index is 566. The lowest BCUT2D eigenvalue weighted by Gasteiger charge is -2.32. The molecule has 0 aliphatic carbocycles. The summed E-state index contributed by atoms with van der Waals surface area (Å²) in [6, 6.07) is 0. The van der Waals surface area contributed by atoms with Crippen LogP contribution >= 0.6 is 0 Å². The molecule has 0 saturated carbocycles. The Hall–Kier alpha value is -2.18. The van der Waals surface area contributed by atoms with Crippen molar-refractivity contribution in [1.82, 2.24) is 20.3 Å². The van der Waals surface area contributed by atoms with Crippen molar-refractivity contribution in [3.63, 3.8) is 0 Å². The van der Waals surface area contributed by atoms with E-state index in [9.17, 15) is 9.59 Å². The smallest absolute Gasteiger partial charge is 0.240 e. The monoisotopic (exact) mass is 303 g/mol. The number of carbonyl (C=O) groups excluding carboxylic acids is 2. The highest BCUT2D eigenvalue weighted by molar-refractivity contribution is 5.94. The molecule has 3 heterocycles. The molecule has 1 fully saturated rings. The fourth-order valence-corrected chi connectivity index (χ4v) is 3.03. The molecule has 1 aromatic heterocycles. The lowest BCUT2D eigenvalue weighted by molar-refractivity contribution is -0.132. The zero-order valence-electron chi connectivity index (χ0n) is 12.5. The van der Waals surface area contributed by atoms with Gasteiger partial charge in [0.2, 0.25) is 11.8 Å². The summed E-state index contributed by atoms with van der Waals surface area (Å²) >= 11 is 0. The summed E-state index contributed by atoms with van der Waals surface area (Å²) in [5, 5.41) is 4.01. The van der Waals surface area contributed by atoms with Crippen LogP contribution in [0.2, 0.25) is 0 Å². The first-order chi connectivity index (χ1) is 10.7. The molecule has 1 atom stereocenters. The SMILES string of the molecule is O=C1CCC(CCC(=O)N2CCC[C@H](c3ncc[nH]3)C2)=NN1. The van der Waals surface area contributed by atoms with E-state index in [1.807, 2.05) is 11.1 Å². The summed E-state index contributed by atoms with van der Waals surface area (Å²) in [7, 11) is 0. The molecule has 1 saturated heterocycles. The summed E-state index contributed by atoms with van der Waals surface area (Å²) in [5.41, 5.74) is 3.38. The highest BCUT2D eigenvalue weighted by Gasteiger charge is 2.26. The zero-order valence-corrected chi connectivity index (χ0v) is 12.5. The van der Waals surface area contributed by atoms with E-state index < -0.39 is 0 Å². The summed E-state index contributed by atoms with van der Waals surface area (Å²) in [6.07, 6.45) is 7.87. The van der Waals surface area contributed by atoms with Gasteiger partial charge in [0.05, 0.1) is 0 Å². The van der Waals surface area contributed by atoms with Crippen molar-refractivity contribution in [2.24, 2.45) is 5.10 Å². The van der Waals surface area contributed by atoms with E-state index in [4.69, 9.17) is 0 Å². The Morgan fingerprint density at radius 3 is 3.05 bits per heavy atom. The van der Waals surface area contributed by atoms with Crippen LogP contribution in [-0.2, 0) is 9.59 Å². The van der Waals surface area contributed by atoms with Gasteiger partial charge in [-0.25, -0.2) is 10.4 Å². The number of hydrogen-bond acceptors (Lipinski definition) is 4. The molecule has 2 aliphatic rings. The second kappa shape index (κ2) is 6.72. The fourth-order valence-electron chi connectivity index (χ4n) is 3.03. The third kappa shape index (κ3) is 3.52. The highest BCUT2D eigenvalue weighted by atomic mass is 16.2. The fraction of sp³-hybridized carbons (Fsp3) is 0.600. The van der Waals surface area contributed by atoms with Crippen molar-refractivity contribution in [2.75, 3.05) is 13.1 Å². The molecule has 0 aromatic carbocycles. The number of amides is 2. The van der Waals surface area contributed by atoms with E-state index in [-0.39, 0.29) is 11.8 Å². The summed E-state index contributed by atoms with van der Waals surface area (Å²) in [5.74, 6) is 1.39. The second-order valence-corrected chi connectivity index (χ2v) is 5.87. The van der Waals surface area contributed by atoms with Crippen LogP contribution in [0.3, 0.4) is 0 Å². The van der Waals surface area contributed by atoms with E-state index in [1.165, 1.54) is 0 Å². The average Bonchev–Trinajstić information content (AvgIpc) is 3.09. The van der Waals surface area contributed by atoms with Crippen molar-refractivity contribution in [3.05, 3.63) is 18.2 Å². The van der Waals surface area contributed by atoms with E-state index >= 15 is 0 Å². The van der Waals surface area contributed by atoms with Gasteiger partial charge in [-0.05, 0) is 25.7 Å². The van der Waals surface area contributed by atoms with Gasteiger partial charge in [0.15, 0.2) is 0 Å². The Labute approximate surface area is 129 Å². The van der Waals surface area contributed by atoms with Gasteiger partial charge in [0.1, 0.15) is 5.82 Å². The number of piperidine rings is 1. The minimum Gasteiger partial charge on any atom is -0.348 e. The molecule has 7 heteroatoms. The Morgan fingerprint density at radius 2 is 2.32 bits per heavy atom. The number of nitrogens with one attached hydrogen (secondary N) is 2. The van der Waals surface area contributed by atoms with Crippen LogP contribution < -0.4 is 5.43 Å². The van der Waals surface area contributed by atoms with Gasteiger partial charge in [-0.15, -0.1) is 0 Å². The molecule has 2 N–H and O–H groups in total. The molecule has 3 rings (SSSR count). The van der Waals surface area contributed by atoms with Crippen LogP contribution in [0.1, 0.15) is 50.3 Å². The summed E-state index contributed by atoms with van der Waals surface area (Å²) in [6.45, 7) is 1.55. The minimum atomic E-state index is -0.0487. The third-order valence-corrected chi connectivity index (χ3v) is 4.29. The average molecular weight is 303 g/mol. The molecule has 0 bridgehead atoms. The van der Waals surface area contributed by atoms with Gasteiger partial charge in [-0.3, -0.25) is 9.59 Å². The van der Waals surface area contributed by atoms with E-state index in [0.717, 1.165) is 37.5 Å². The number of hydrogen-bond donors (Lipinski definition) is 2. The molecular weight excluding hydrogens is 282 g/mol. The molecular formula is C15H21N5O2. The normalized spacial score (nSPS) is 22.2. The van der Waals surface area contributed by atoms with Gasteiger partial charge in [-0.1, -0.05) is 0 Å². The Balaban J connectivity index is 1.50. The van der Waals surface area contributed by atoms with Crippen LogP contribution in [0.4, 0.5) is 0 Å². The number of aromatic nitrogens is 2. The number of aromatic amines is 1. The molecule has 118 valence electrons. The maximum absolute atomic E-state index is 12.4. The predicted octanol–water partition coefficient (Wildman–Crippen LogP) is 1.16. The molecule has 1 aromatic rings. The first kappa shape index (κ1) is 14.7. The first-order valence-electron chi connectivity index (χ1n) is 7.83. The van der Waals surface area contributed by atoms with Crippen molar-refractivity contribution < 1.29 is 9.59 Å². The molecule has 0 radical (unpaired) electrons. The van der Waals surface area contributed by atoms with E-state index in [0.29, 0.717) is 31.6 Å². The van der Waals surface area contributed by atoms with Gasteiger partial charge in [0.25, 0.3) is 0 Å². The number of nitrogens with zero attached hydrogens (tertiary/aromatic N) is 3. The van der Waals surface area contributed by atoms with Crippen LogP contribution in [0.25, 0.3) is 0 Å². The first-order valence-corrected chi connectivity index (χ1v) is 7.83. The van der Waals surface area contributed by atoms with Crippen LogP contribution in [0.5, 0.6) is 0 Å². The number of rotatable bonds is 4. The molecule has 7 nitrogen and oxygen atoms in total. The maximum Gasteiger partial charge on any atom is 0.240 e. The predicted molar refractivity (Wildman–Crippen MR) is 81.2 cm³/mol. The third-order valence-electron chi connectivity index (χ3n) is 4.29. The lowest BCUT2D eigenvalue weighted by Crippen LogP contribution is -2.39. The number of imidazole rings is 1. The maximum atomic E-state index is 12.4. The molecule has 0 unspecified atom stereocenters. The second-order valence-electron chi connectivity index (χ2n) is 5.87. The Morgan fingerprint density at radius 1 is 1.41 bits per heavy atom. The topological polar surface area (TPSA) is 90.5 Å². The van der Waals surface area contributed by atoms with Crippen molar-refractivity contribution in [2.45, 2.75) is 44.4 Å². The van der Waals surface area contributed by atoms with Crippen molar-refractivity contribution >= 4 is 17.5 Å². The van der Waals surface area contributed by atoms with Gasteiger partial charge in [-0.2, -0.15) is 5.10 Å².